The molecule has 2 N–H and O–H groups in total. The van der Waals surface area contributed by atoms with Gasteiger partial charge in [-0.1, -0.05) is 35.9 Å². The van der Waals surface area contributed by atoms with E-state index in [1.807, 2.05) is 24.3 Å². The van der Waals surface area contributed by atoms with Gasteiger partial charge in [-0.25, -0.2) is 0 Å². The molecule has 0 radical (unpaired) electrons. The van der Waals surface area contributed by atoms with Gasteiger partial charge in [-0.3, -0.25) is 9.69 Å². The zero-order valence-electron chi connectivity index (χ0n) is 13.2. The van der Waals surface area contributed by atoms with Crippen molar-refractivity contribution in [3.63, 3.8) is 0 Å². The molecule has 4 rings (SSSR count). The fourth-order valence-electron chi connectivity index (χ4n) is 5.07. The van der Waals surface area contributed by atoms with E-state index in [-0.39, 0.29) is 29.9 Å². The second kappa shape index (κ2) is 5.32. The lowest BCUT2D eigenvalue weighted by molar-refractivity contribution is -0.122. The predicted octanol–water partition coefficient (Wildman–Crippen LogP) is 2.08. The summed E-state index contributed by atoms with van der Waals surface area (Å²) in [5.41, 5.74) is 3.24. The van der Waals surface area contributed by atoms with Gasteiger partial charge in [-0.05, 0) is 24.5 Å². The molecule has 1 saturated heterocycles. The van der Waals surface area contributed by atoms with E-state index < -0.39 is 0 Å². The third-order valence-electron chi connectivity index (χ3n) is 5.80. The molecule has 2 heterocycles. The number of likely N-dealkylation sites (tertiary alicyclic amines) is 1. The highest BCUT2D eigenvalue weighted by Gasteiger charge is 2.62. The molecular formula is C19H22N2O2. The second-order valence-electron chi connectivity index (χ2n) is 6.73. The first-order chi connectivity index (χ1) is 11.2. The third kappa shape index (κ3) is 1.88. The van der Waals surface area contributed by atoms with Crippen LogP contribution < -0.4 is 5.32 Å². The molecule has 1 saturated carbocycles. The topological polar surface area (TPSA) is 52.6 Å². The SMILES string of the molecule is C=CCN1CC[C@]23c4ccccc4NC(=O)[C@H]2C/C(=C\CO)[C@H]13. The number of benzene rings is 1. The molecule has 0 unspecified atom stereocenters. The fraction of sp³-hybridized carbons (Fsp3) is 0.421. The Bertz CT molecular complexity index is 696. The van der Waals surface area contributed by atoms with E-state index in [9.17, 15) is 9.90 Å². The summed E-state index contributed by atoms with van der Waals surface area (Å²) < 4.78 is 0. The number of carbonyl (C=O) groups excluding carboxylic acids is 1. The number of hydrogen-bond acceptors (Lipinski definition) is 3. The molecule has 4 nitrogen and oxygen atoms in total. The predicted molar refractivity (Wildman–Crippen MR) is 90.2 cm³/mol. The Balaban J connectivity index is 1.91. The number of rotatable bonds is 3. The van der Waals surface area contributed by atoms with Gasteiger partial charge in [-0.2, -0.15) is 0 Å². The number of nitrogens with one attached hydrogen (secondary N) is 1. The number of aliphatic hydroxyl groups excluding tert-OH is 1. The van der Waals surface area contributed by atoms with Gasteiger partial charge in [0.25, 0.3) is 0 Å². The highest BCUT2D eigenvalue weighted by molar-refractivity contribution is 5.98. The lowest BCUT2D eigenvalue weighted by atomic mass is 9.66. The van der Waals surface area contributed by atoms with Crippen molar-refractivity contribution in [2.24, 2.45) is 5.92 Å². The molecule has 1 aromatic rings. The van der Waals surface area contributed by atoms with E-state index in [0.717, 1.165) is 31.6 Å². The number of nitrogens with zero attached hydrogens (tertiary/aromatic N) is 1. The molecule has 1 aromatic carbocycles. The van der Waals surface area contributed by atoms with Gasteiger partial charge in [0.2, 0.25) is 5.91 Å². The maximum atomic E-state index is 12.8. The molecule has 1 spiro atoms. The van der Waals surface area contributed by atoms with Crippen LogP contribution in [0.5, 0.6) is 0 Å². The first-order valence-electron chi connectivity index (χ1n) is 8.27. The van der Waals surface area contributed by atoms with Crippen molar-refractivity contribution in [1.29, 1.82) is 0 Å². The number of anilines is 1. The first-order valence-corrected chi connectivity index (χ1v) is 8.27. The smallest absolute Gasteiger partial charge is 0.228 e. The average molecular weight is 310 g/mol. The van der Waals surface area contributed by atoms with Gasteiger partial charge in [0.1, 0.15) is 0 Å². The Labute approximate surface area is 136 Å². The quantitative estimate of drug-likeness (QED) is 0.841. The van der Waals surface area contributed by atoms with Crippen LogP contribution >= 0.6 is 0 Å². The van der Waals surface area contributed by atoms with E-state index in [1.165, 1.54) is 11.1 Å². The monoisotopic (exact) mass is 310 g/mol. The molecule has 0 aromatic heterocycles. The fourth-order valence-corrected chi connectivity index (χ4v) is 5.07. The summed E-state index contributed by atoms with van der Waals surface area (Å²) in [6.45, 7) is 5.68. The van der Waals surface area contributed by atoms with Crippen LogP contribution in [0.1, 0.15) is 18.4 Å². The molecule has 1 amide bonds. The Morgan fingerprint density at radius 2 is 2.26 bits per heavy atom. The molecule has 0 bridgehead atoms. The van der Waals surface area contributed by atoms with Crippen molar-refractivity contribution < 1.29 is 9.90 Å². The minimum atomic E-state index is -0.164. The van der Waals surface area contributed by atoms with Gasteiger partial charge in [0, 0.05) is 30.2 Å². The van der Waals surface area contributed by atoms with Crippen molar-refractivity contribution in [2.45, 2.75) is 24.3 Å². The second-order valence-corrected chi connectivity index (χ2v) is 6.73. The minimum Gasteiger partial charge on any atom is -0.392 e. The van der Waals surface area contributed by atoms with E-state index in [4.69, 9.17) is 0 Å². The maximum absolute atomic E-state index is 12.8. The Morgan fingerprint density at radius 3 is 3.04 bits per heavy atom. The van der Waals surface area contributed by atoms with Crippen molar-refractivity contribution in [3.05, 3.63) is 54.1 Å². The van der Waals surface area contributed by atoms with Crippen molar-refractivity contribution in [1.82, 2.24) is 4.90 Å². The lowest BCUT2D eigenvalue weighted by Gasteiger charge is -2.41. The van der Waals surface area contributed by atoms with Crippen LogP contribution in [0.15, 0.2) is 48.6 Å². The Kier molecular flexibility index (Phi) is 3.39. The largest absolute Gasteiger partial charge is 0.392 e. The van der Waals surface area contributed by atoms with E-state index >= 15 is 0 Å². The van der Waals surface area contributed by atoms with Crippen LogP contribution in [0, 0.1) is 5.92 Å². The summed E-state index contributed by atoms with van der Waals surface area (Å²) in [7, 11) is 0. The number of carbonyl (C=O) groups is 1. The molecule has 2 aliphatic heterocycles. The van der Waals surface area contributed by atoms with Crippen LogP contribution in [0.3, 0.4) is 0 Å². The Hall–Kier alpha value is -1.91. The number of fused-ring (bicyclic) bond motifs is 1. The lowest BCUT2D eigenvalue weighted by Crippen LogP contribution is -2.49. The molecule has 23 heavy (non-hydrogen) atoms. The maximum Gasteiger partial charge on any atom is 0.228 e. The molecule has 3 aliphatic rings. The summed E-state index contributed by atoms with van der Waals surface area (Å²) in [6.07, 6.45) is 5.54. The highest BCUT2D eigenvalue weighted by atomic mass is 16.2. The highest BCUT2D eigenvalue weighted by Crippen LogP contribution is 2.59. The zero-order valence-corrected chi connectivity index (χ0v) is 13.2. The van der Waals surface area contributed by atoms with Gasteiger partial charge in [0.05, 0.1) is 12.5 Å². The average Bonchev–Trinajstić information content (AvgIpc) is 3.06. The Morgan fingerprint density at radius 1 is 1.43 bits per heavy atom. The third-order valence-corrected chi connectivity index (χ3v) is 5.80. The van der Waals surface area contributed by atoms with Crippen LogP contribution in [-0.2, 0) is 10.2 Å². The number of para-hydroxylation sites is 1. The molecule has 1 aliphatic carbocycles. The normalized spacial score (nSPS) is 34.0. The van der Waals surface area contributed by atoms with Gasteiger partial charge >= 0.3 is 0 Å². The van der Waals surface area contributed by atoms with E-state index in [0.29, 0.717) is 0 Å². The summed E-state index contributed by atoms with van der Waals surface area (Å²) in [5, 5.41) is 12.5. The van der Waals surface area contributed by atoms with Crippen molar-refractivity contribution >= 4 is 11.6 Å². The van der Waals surface area contributed by atoms with E-state index in [2.05, 4.69) is 28.9 Å². The van der Waals surface area contributed by atoms with Gasteiger partial charge < -0.3 is 10.4 Å². The standard InChI is InChI=1S/C19H22N2O2/c1-2-9-21-10-8-19-14-5-3-4-6-16(14)20-18(23)15(19)12-13(7-11-22)17(19)21/h2-7,15,17,22H,1,8-12H2,(H,20,23)/b13-7+/t15-,17+,19+/m1/s1. The van der Waals surface area contributed by atoms with Crippen molar-refractivity contribution in [3.8, 4) is 0 Å². The summed E-state index contributed by atoms with van der Waals surface area (Å²) in [5.74, 6) is 0.0745. The minimum absolute atomic E-state index is 0.0276. The number of hydrogen-bond donors (Lipinski definition) is 2. The van der Waals surface area contributed by atoms with Crippen LogP contribution in [0.25, 0.3) is 0 Å². The number of amides is 1. The molecular weight excluding hydrogens is 288 g/mol. The molecule has 3 atom stereocenters. The van der Waals surface area contributed by atoms with E-state index in [1.54, 1.807) is 0 Å². The zero-order chi connectivity index (χ0) is 16.0. The summed E-state index contributed by atoms with van der Waals surface area (Å²) >= 11 is 0. The van der Waals surface area contributed by atoms with Crippen LogP contribution in [0.4, 0.5) is 5.69 Å². The first kappa shape index (κ1) is 14.7. The summed E-state index contributed by atoms with van der Waals surface area (Å²) in [6, 6.07) is 8.38. The van der Waals surface area contributed by atoms with Gasteiger partial charge in [-0.15, -0.1) is 6.58 Å². The van der Waals surface area contributed by atoms with Crippen LogP contribution in [0.2, 0.25) is 0 Å². The molecule has 4 heteroatoms. The molecule has 120 valence electrons. The van der Waals surface area contributed by atoms with Crippen molar-refractivity contribution in [2.75, 3.05) is 25.0 Å². The molecule has 2 fully saturated rings. The summed E-state index contributed by atoms with van der Waals surface area (Å²) in [4.78, 5) is 15.2. The number of aliphatic hydroxyl groups is 1. The van der Waals surface area contributed by atoms with Gasteiger partial charge in [0.15, 0.2) is 0 Å². The van der Waals surface area contributed by atoms with Crippen LogP contribution in [-0.4, -0.2) is 41.7 Å².